The fourth-order valence-electron chi connectivity index (χ4n) is 5.07. The zero-order chi connectivity index (χ0) is 24.5. The quantitative estimate of drug-likeness (QED) is 0.368. The first kappa shape index (κ1) is 26.3. The molecule has 1 aliphatic rings. The zero-order valence-corrected chi connectivity index (χ0v) is 19.6. The molecule has 0 aliphatic carbocycles. The van der Waals surface area contributed by atoms with Crippen LogP contribution in [0.3, 0.4) is 0 Å². The molecule has 0 bridgehead atoms. The van der Waals surface area contributed by atoms with Gasteiger partial charge in [0.15, 0.2) is 0 Å². The largest absolute Gasteiger partial charge is 0.388 e. The first-order valence-corrected chi connectivity index (χ1v) is 12.2. The summed E-state index contributed by atoms with van der Waals surface area (Å²) in [6.07, 6.45) is -1.90. The van der Waals surface area contributed by atoms with Crippen molar-refractivity contribution in [3.8, 4) is 0 Å². The second-order valence-corrected chi connectivity index (χ2v) is 9.13. The fraction of sp³-hybridized carbons (Fsp3) is 0.519. The predicted molar refractivity (Wildman–Crippen MR) is 128 cm³/mol. The lowest BCUT2D eigenvalue weighted by Gasteiger charge is -2.27. The Bertz CT molecular complexity index is 869. The van der Waals surface area contributed by atoms with Crippen molar-refractivity contribution < 1.29 is 23.8 Å². The number of hydrogen-bond donors (Lipinski definition) is 4. The highest BCUT2D eigenvalue weighted by atomic mass is 19.3. The molecule has 0 aromatic heterocycles. The molecule has 0 spiro atoms. The Labute approximate surface area is 200 Å². The molecule has 6 atom stereocenters. The monoisotopic (exact) mass is 474 g/mol. The lowest BCUT2D eigenvalue weighted by Crippen LogP contribution is -2.43. The Kier molecular flexibility index (Phi) is 9.99. The SMILES string of the molecule is CCC(=O)NC[C@@H]1N[C@H](C(F)F)[C@H](CCC(O)c2ccccc2)[C@H]1CCC(O)c1ccccc1. The van der Waals surface area contributed by atoms with Crippen molar-refractivity contribution in [2.45, 2.75) is 69.7 Å². The van der Waals surface area contributed by atoms with Crippen LogP contribution >= 0.6 is 0 Å². The molecule has 0 radical (unpaired) electrons. The summed E-state index contributed by atoms with van der Waals surface area (Å²) in [7, 11) is 0. The van der Waals surface area contributed by atoms with E-state index in [1.807, 2.05) is 60.7 Å². The first-order chi connectivity index (χ1) is 16.4. The molecule has 1 heterocycles. The average molecular weight is 475 g/mol. The highest BCUT2D eigenvalue weighted by Crippen LogP contribution is 2.39. The van der Waals surface area contributed by atoms with Crippen molar-refractivity contribution in [3.05, 3.63) is 71.8 Å². The molecule has 7 heteroatoms. The summed E-state index contributed by atoms with van der Waals surface area (Å²) in [4.78, 5) is 11.8. The van der Waals surface area contributed by atoms with Crippen molar-refractivity contribution in [2.75, 3.05) is 6.54 Å². The van der Waals surface area contributed by atoms with Gasteiger partial charge in [0.05, 0.1) is 18.2 Å². The standard InChI is InChI=1S/C27H36F2N2O3/c1-2-25(34)30-17-22-20(13-15-23(32)18-9-5-3-6-10-18)21(26(31-22)27(28)29)14-16-24(33)19-11-7-4-8-12-19/h3-12,20-24,26-27,31-33H,2,13-17H2,1H3,(H,30,34)/t20-,21-,22+,23?,24?,26+/m1/s1. The summed E-state index contributed by atoms with van der Waals surface area (Å²) in [5.74, 6) is -0.677. The van der Waals surface area contributed by atoms with E-state index >= 15 is 0 Å². The molecule has 1 aliphatic heterocycles. The second-order valence-electron chi connectivity index (χ2n) is 9.13. The highest BCUT2D eigenvalue weighted by Gasteiger charge is 2.46. The van der Waals surface area contributed by atoms with Crippen LogP contribution in [0.25, 0.3) is 0 Å². The van der Waals surface area contributed by atoms with Gasteiger partial charge in [0.1, 0.15) is 0 Å². The number of nitrogens with one attached hydrogen (secondary N) is 2. The smallest absolute Gasteiger partial charge is 0.253 e. The molecule has 34 heavy (non-hydrogen) atoms. The van der Waals surface area contributed by atoms with Gasteiger partial charge >= 0.3 is 0 Å². The number of hydrogen-bond acceptors (Lipinski definition) is 4. The minimum atomic E-state index is -2.56. The van der Waals surface area contributed by atoms with Gasteiger partial charge in [-0.05, 0) is 48.6 Å². The Morgan fingerprint density at radius 3 is 1.88 bits per heavy atom. The number of alkyl halides is 2. The second kappa shape index (κ2) is 12.9. The molecular weight excluding hydrogens is 438 g/mol. The topological polar surface area (TPSA) is 81.6 Å². The number of aliphatic hydroxyl groups excluding tert-OH is 2. The Hall–Kier alpha value is -2.35. The van der Waals surface area contributed by atoms with E-state index < -0.39 is 24.7 Å². The van der Waals surface area contributed by atoms with Crippen LogP contribution < -0.4 is 10.6 Å². The van der Waals surface area contributed by atoms with Crippen LogP contribution in [0.15, 0.2) is 60.7 Å². The van der Waals surface area contributed by atoms with Crippen LogP contribution in [0.2, 0.25) is 0 Å². The number of aliphatic hydroxyl groups is 2. The van der Waals surface area contributed by atoms with Crippen LogP contribution in [0, 0.1) is 11.8 Å². The number of benzene rings is 2. The van der Waals surface area contributed by atoms with Gasteiger partial charge in [-0.25, -0.2) is 8.78 Å². The molecule has 186 valence electrons. The lowest BCUT2D eigenvalue weighted by atomic mass is 9.79. The Morgan fingerprint density at radius 1 is 0.912 bits per heavy atom. The summed E-state index contributed by atoms with van der Waals surface area (Å²) >= 11 is 0. The highest BCUT2D eigenvalue weighted by molar-refractivity contribution is 5.75. The number of rotatable bonds is 12. The molecule has 2 aromatic carbocycles. The number of halogens is 2. The van der Waals surface area contributed by atoms with Gasteiger partial charge < -0.3 is 20.8 Å². The van der Waals surface area contributed by atoms with Gasteiger partial charge in [0, 0.05) is 19.0 Å². The Balaban J connectivity index is 1.73. The number of amides is 1. The van der Waals surface area contributed by atoms with Crippen LogP contribution in [0.5, 0.6) is 0 Å². The molecule has 1 amide bonds. The molecule has 2 aromatic rings. The van der Waals surface area contributed by atoms with Gasteiger partial charge in [-0.3, -0.25) is 4.79 Å². The van der Waals surface area contributed by atoms with Gasteiger partial charge in [-0.2, -0.15) is 0 Å². The van der Waals surface area contributed by atoms with Crippen molar-refractivity contribution in [3.63, 3.8) is 0 Å². The van der Waals surface area contributed by atoms with Gasteiger partial charge in [0.2, 0.25) is 5.91 Å². The van der Waals surface area contributed by atoms with E-state index in [2.05, 4.69) is 10.6 Å². The van der Waals surface area contributed by atoms with E-state index in [4.69, 9.17) is 0 Å². The van der Waals surface area contributed by atoms with E-state index in [0.717, 1.165) is 11.1 Å². The number of carbonyl (C=O) groups excluding carboxylic acids is 1. The predicted octanol–water partition coefficient (Wildman–Crippen LogP) is 4.38. The maximum Gasteiger partial charge on any atom is 0.253 e. The van der Waals surface area contributed by atoms with Crippen molar-refractivity contribution >= 4 is 5.91 Å². The number of carbonyl (C=O) groups is 1. The van der Waals surface area contributed by atoms with E-state index in [-0.39, 0.29) is 30.3 Å². The van der Waals surface area contributed by atoms with Crippen LogP contribution in [-0.2, 0) is 4.79 Å². The Morgan fingerprint density at radius 2 is 1.41 bits per heavy atom. The van der Waals surface area contributed by atoms with Crippen LogP contribution in [-0.4, -0.2) is 41.2 Å². The van der Waals surface area contributed by atoms with Crippen molar-refractivity contribution in [1.29, 1.82) is 0 Å². The summed E-state index contributed by atoms with van der Waals surface area (Å²) < 4.78 is 28.1. The summed E-state index contributed by atoms with van der Waals surface area (Å²) in [6.45, 7) is 2.01. The minimum Gasteiger partial charge on any atom is -0.388 e. The summed E-state index contributed by atoms with van der Waals surface area (Å²) in [5, 5.41) is 27.2. The lowest BCUT2D eigenvalue weighted by molar-refractivity contribution is -0.120. The van der Waals surface area contributed by atoms with E-state index in [9.17, 15) is 23.8 Å². The summed E-state index contributed by atoms with van der Waals surface area (Å²) in [6, 6.07) is 17.2. The van der Waals surface area contributed by atoms with Crippen LogP contribution in [0.4, 0.5) is 8.78 Å². The van der Waals surface area contributed by atoms with Crippen molar-refractivity contribution in [2.24, 2.45) is 11.8 Å². The molecular formula is C27H36F2N2O3. The third-order valence-corrected chi connectivity index (χ3v) is 6.96. The first-order valence-electron chi connectivity index (χ1n) is 12.2. The zero-order valence-electron chi connectivity index (χ0n) is 19.6. The van der Waals surface area contributed by atoms with E-state index in [1.54, 1.807) is 6.92 Å². The maximum atomic E-state index is 14.1. The van der Waals surface area contributed by atoms with Crippen LogP contribution in [0.1, 0.15) is 62.4 Å². The third-order valence-electron chi connectivity index (χ3n) is 6.96. The van der Waals surface area contributed by atoms with Crippen molar-refractivity contribution in [1.82, 2.24) is 10.6 Å². The molecule has 5 nitrogen and oxygen atoms in total. The van der Waals surface area contributed by atoms with E-state index in [1.165, 1.54) is 0 Å². The average Bonchev–Trinajstić information content (AvgIpc) is 3.22. The minimum absolute atomic E-state index is 0.124. The molecule has 2 unspecified atom stereocenters. The molecule has 1 saturated heterocycles. The normalized spacial score (nSPS) is 24.2. The third kappa shape index (κ3) is 7.08. The van der Waals surface area contributed by atoms with Gasteiger partial charge in [0.25, 0.3) is 6.43 Å². The maximum absolute atomic E-state index is 14.1. The van der Waals surface area contributed by atoms with Gasteiger partial charge in [-0.15, -0.1) is 0 Å². The summed E-state index contributed by atoms with van der Waals surface area (Å²) in [5.41, 5.74) is 1.57. The molecule has 4 N–H and O–H groups in total. The molecule has 3 rings (SSSR count). The molecule has 0 saturated carbocycles. The van der Waals surface area contributed by atoms with E-state index in [0.29, 0.717) is 32.1 Å². The molecule has 1 fully saturated rings. The fourth-order valence-corrected chi connectivity index (χ4v) is 5.07. The van der Waals surface area contributed by atoms with Gasteiger partial charge in [-0.1, -0.05) is 67.6 Å².